The molecule has 0 aliphatic rings. The molecule has 0 aromatic heterocycles. The van der Waals surface area contributed by atoms with E-state index in [0.717, 1.165) is 19.4 Å². The Balaban J connectivity index is 2.76. The van der Waals surface area contributed by atoms with Crippen molar-refractivity contribution in [3.05, 3.63) is 23.8 Å². The number of unbranched alkanes of at least 4 members (excludes halogenated alkanes) is 1. The predicted octanol–water partition coefficient (Wildman–Crippen LogP) is 2.66. The van der Waals surface area contributed by atoms with Gasteiger partial charge >= 0.3 is 0 Å². The second-order valence-electron chi connectivity index (χ2n) is 4.46. The van der Waals surface area contributed by atoms with Crippen LogP contribution >= 0.6 is 0 Å². The van der Waals surface area contributed by atoms with E-state index in [1.54, 1.807) is 32.4 Å². The van der Waals surface area contributed by atoms with Gasteiger partial charge in [0.25, 0.3) is 0 Å². The summed E-state index contributed by atoms with van der Waals surface area (Å²) in [6.45, 7) is 4.87. The van der Waals surface area contributed by atoms with E-state index in [4.69, 9.17) is 9.47 Å². The van der Waals surface area contributed by atoms with Crippen molar-refractivity contribution < 1.29 is 14.3 Å². The summed E-state index contributed by atoms with van der Waals surface area (Å²) in [7, 11) is 3.14. The summed E-state index contributed by atoms with van der Waals surface area (Å²) in [6, 6.07) is 5.05. The second kappa shape index (κ2) is 7.79. The lowest BCUT2D eigenvalue weighted by molar-refractivity contribution is 0.0950. The molecule has 0 amide bonds. The van der Waals surface area contributed by atoms with Crippen molar-refractivity contribution in [2.75, 3.05) is 20.8 Å². The summed E-state index contributed by atoms with van der Waals surface area (Å²) in [5, 5.41) is 3.23. The van der Waals surface area contributed by atoms with Crippen molar-refractivity contribution in [1.29, 1.82) is 0 Å². The molecule has 0 spiro atoms. The van der Waals surface area contributed by atoms with E-state index in [2.05, 4.69) is 12.2 Å². The second-order valence-corrected chi connectivity index (χ2v) is 4.46. The number of benzene rings is 1. The smallest absolute Gasteiger partial charge is 0.179 e. The Bertz CT molecular complexity index is 418. The van der Waals surface area contributed by atoms with Crippen LogP contribution in [0.5, 0.6) is 11.5 Å². The summed E-state index contributed by atoms with van der Waals surface area (Å²) in [4.78, 5) is 12.2. The lowest BCUT2D eigenvalue weighted by atomic mass is 10.0. The van der Waals surface area contributed by atoms with Crippen LogP contribution in [0, 0.1) is 0 Å². The minimum Gasteiger partial charge on any atom is -0.493 e. The first-order valence-electron chi connectivity index (χ1n) is 6.63. The van der Waals surface area contributed by atoms with Gasteiger partial charge < -0.3 is 14.8 Å². The maximum absolute atomic E-state index is 12.2. The molecule has 0 aliphatic heterocycles. The molecule has 0 bridgehead atoms. The molecule has 1 aromatic rings. The fourth-order valence-electron chi connectivity index (χ4n) is 1.83. The van der Waals surface area contributed by atoms with Crippen LogP contribution in [0.25, 0.3) is 0 Å². The molecule has 0 fully saturated rings. The molecule has 0 saturated heterocycles. The van der Waals surface area contributed by atoms with Crippen molar-refractivity contribution in [3.63, 3.8) is 0 Å². The average molecular weight is 265 g/mol. The van der Waals surface area contributed by atoms with Crippen molar-refractivity contribution in [2.24, 2.45) is 0 Å². The fraction of sp³-hybridized carbons (Fsp3) is 0.533. The van der Waals surface area contributed by atoms with Crippen molar-refractivity contribution in [1.82, 2.24) is 5.32 Å². The molecule has 1 N–H and O–H groups in total. The topological polar surface area (TPSA) is 47.6 Å². The third-order valence-electron chi connectivity index (χ3n) is 3.04. The molecule has 1 unspecified atom stereocenters. The van der Waals surface area contributed by atoms with E-state index >= 15 is 0 Å². The Labute approximate surface area is 115 Å². The number of hydrogen-bond acceptors (Lipinski definition) is 4. The highest BCUT2D eigenvalue weighted by atomic mass is 16.5. The van der Waals surface area contributed by atoms with Crippen LogP contribution in [0.15, 0.2) is 18.2 Å². The van der Waals surface area contributed by atoms with Crippen molar-refractivity contribution in [3.8, 4) is 11.5 Å². The fourth-order valence-corrected chi connectivity index (χ4v) is 1.83. The predicted molar refractivity (Wildman–Crippen MR) is 76.2 cm³/mol. The Hall–Kier alpha value is -1.55. The maximum atomic E-state index is 12.2. The van der Waals surface area contributed by atoms with Crippen molar-refractivity contribution in [2.45, 2.75) is 32.7 Å². The van der Waals surface area contributed by atoms with E-state index < -0.39 is 0 Å². The lowest BCUT2D eigenvalue weighted by Gasteiger charge is -2.14. The van der Waals surface area contributed by atoms with Gasteiger partial charge in [0, 0.05) is 5.56 Å². The van der Waals surface area contributed by atoms with Crippen LogP contribution in [-0.2, 0) is 0 Å². The van der Waals surface area contributed by atoms with Gasteiger partial charge in [-0.2, -0.15) is 0 Å². The molecule has 0 radical (unpaired) electrons. The minimum atomic E-state index is -0.190. The Morgan fingerprint density at radius 3 is 2.53 bits per heavy atom. The normalized spacial score (nSPS) is 12.0. The Kier molecular flexibility index (Phi) is 6.36. The number of carbonyl (C=O) groups is 1. The first-order valence-corrected chi connectivity index (χ1v) is 6.63. The number of carbonyl (C=O) groups excluding carboxylic acids is 1. The monoisotopic (exact) mass is 265 g/mol. The number of Topliss-reactive ketones (excluding diaryl/α,β-unsaturated/α-hetero) is 1. The summed E-state index contributed by atoms with van der Waals surface area (Å²) in [5.41, 5.74) is 0.633. The summed E-state index contributed by atoms with van der Waals surface area (Å²) >= 11 is 0. The maximum Gasteiger partial charge on any atom is 0.179 e. The number of rotatable bonds is 8. The molecular formula is C15H23NO3. The van der Waals surface area contributed by atoms with Gasteiger partial charge in [-0.15, -0.1) is 0 Å². The van der Waals surface area contributed by atoms with Crippen LogP contribution in [0.4, 0.5) is 0 Å². The number of ketones is 1. The molecule has 0 saturated carbocycles. The molecule has 4 heteroatoms. The highest BCUT2D eigenvalue weighted by Gasteiger charge is 2.16. The molecule has 1 atom stereocenters. The van der Waals surface area contributed by atoms with Crippen LogP contribution in [0.3, 0.4) is 0 Å². The van der Waals surface area contributed by atoms with E-state index in [9.17, 15) is 4.79 Å². The Morgan fingerprint density at radius 1 is 1.26 bits per heavy atom. The molecule has 4 nitrogen and oxygen atoms in total. The summed E-state index contributed by atoms with van der Waals surface area (Å²) in [5.74, 6) is 1.27. The molecule has 106 valence electrons. The third-order valence-corrected chi connectivity index (χ3v) is 3.04. The number of nitrogens with one attached hydrogen (secondary N) is 1. The van der Waals surface area contributed by atoms with Gasteiger partial charge in [-0.3, -0.25) is 4.79 Å². The van der Waals surface area contributed by atoms with Gasteiger partial charge in [-0.05, 0) is 38.1 Å². The SMILES string of the molecule is CCCCNC(C)C(=O)c1ccc(OC)c(OC)c1. The molecular weight excluding hydrogens is 242 g/mol. The van der Waals surface area contributed by atoms with Crippen LogP contribution in [0.1, 0.15) is 37.0 Å². The Morgan fingerprint density at radius 2 is 1.95 bits per heavy atom. The van der Waals surface area contributed by atoms with Gasteiger partial charge in [0.2, 0.25) is 0 Å². The number of hydrogen-bond donors (Lipinski definition) is 1. The molecule has 1 rings (SSSR count). The van der Waals surface area contributed by atoms with Gasteiger partial charge in [0.15, 0.2) is 17.3 Å². The summed E-state index contributed by atoms with van der Waals surface area (Å²) in [6.07, 6.45) is 2.19. The third kappa shape index (κ3) is 4.24. The van der Waals surface area contributed by atoms with Crippen LogP contribution < -0.4 is 14.8 Å². The van der Waals surface area contributed by atoms with Crippen LogP contribution in [-0.4, -0.2) is 32.6 Å². The molecule has 1 aromatic carbocycles. The highest BCUT2D eigenvalue weighted by Crippen LogP contribution is 2.27. The van der Waals surface area contributed by atoms with E-state index in [0.29, 0.717) is 17.1 Å². The van der Waals surface area contributed by atoms with E-state index in [1.165, 1.54) is 0 Å². The van der Waals surface area contributed by atoms with E-state index in [1.807, 2.05) is 6.92 Å². The zero-order chi connectivity index (χ0) is 14.3. The van der Waals surface area contributed by atoms with Gasteiger partial charge in [0.05, 0.1) is 20.3 Å². The largest absolute Gasteiger partial charge is 0.493 e. The highest BCUT2D eigenvalue weighted by molar-refractivity contribution is 6.00. The lowest BCUT2D eigenvalue weighted by Crippen LogP contribution is -2.34. The zero-order valence-corrected chi connectivity index (χ0v) is 12.2. The van der Waals surface area contributed by atoms with Crippen molar-refractivity contribution >= 4 is 5.78 Å². The van der Waals surface area contributed by atoms with E-state index in [-0.39, 0.29) is 11.8 Å². The minimum absolute atomic E-state index is 0.0667. The standard InChI is InChI=1S/C15H23NO3/c1-5-6-9-16-11(2)15(17)12-7-8-13(18-3)14(10-12)19-4/h7-8,10-11,16H,5-6,9H2,1-4H3. The van der Waals surface area contributed by atoms with Crippen LogP contribution in [0.2, 0.25) is 0 Å². The summed E-state index contributed by atoms with van der Waals surface area (Å²) < 4.78 is 10.4. The molecule has 0 aliphatic carbocycles. The van der Waals surface area contributed by atoms with Gasteiger partial charge in [0.1, 0.15) is 0 Å². The number of ether oxygens (including phenoxy) is 2. The average Bonchev–Trinajstić information content (AvgIpc) is 2.45. The van der Waals surface area contributed by atoms with Gasteiger partial charge in [-0.25, -0.2) is 0 Å². The number of methoxy groups -OCH3 is 2. The quantitative estimate of drug-likeness (QED) is 0.580. The first kappa shape index (κ1) is 15.5. The molecule has 0 heterocycles. The molecule has 19 heavy (non-hydrogen) atoms. The van der Waals surface area contributed by atoms with Gasteiger partial charge in [-0.1, -0.05) is 13.3 Å². The zero-order valence-electron chi connectivity index (χ0n) is 12.2. The first-order chi connectivity index (χ1) is 9.13.